The first-order chi connectivity index (χ1) is 12.9. The number of thioether (sulfide) groups is 1. The molecule has 0 radical (unpaired) electrons. The number of rotatable bonds is 9. The minimum absolute atomic E-state index is 0.487. The number of ether oxygens (including phenoxy) is 1. The lowest BCUT2D eigenvalue weighted by Gasteiger charge is -2.16. The molecular weight excluding hydrogens is 396 g/mol. The standard InChI is InChI=1S/C19H27ClN4OSSi/c1-5-26-19-12-15(22-23-19)11-18-21-16-7-6-14(20)10-17(16)24(18)13-25-8-9-27(2,3)4/h6-7,10,12H,5,8-9,11,13H2,1-4H3,(H,22,23). The second-order valence-electron chi connectivity index (χ2n) is 7.78. The molecule has 2 heterocycles. The second-order valence-corrected chi connectivity index (χ2v) is 15.1. The number of nitrogens with zero attached hydrogens (tertiary/aromatic N) is 3. The van der Waals surface area contributed by atoms with Crippen LogP contribution in [0.3, 0.4) is 0 Å². The third-order valence-corrected chi connectivity index (χ3v) is 6.99. The zero-order chi connectivity index (χ0) is 19.4. The number of aromatic nitrogens is 4. The van der Waals surface area contributed by atoms with Crippen LogP contribution in [0, 0.1) is 0 Å². The number of benzene rings is 1. The predicted molar refractivity (Wildman–Crippen MR) is 117 cm³/mol. The molecule has 0 aliphatic carbocycles. The average Bonchev–Trinajstić information content (AvgIpc) is 3.16. The summed E-state index contributed by atoms with van der Waals surface area (Å²) in [7, 11) is -1.11. The highest BCUT2D eigenvalue weighted by Gasteiger charge is 2.15. The van der Waals surface area contributed by atoms with Crippen LogP contribution < -0.4 is 0 Å². The van der Waals surface area contributed by atoms with Gasteiger partial charge < -0.3 is 9.30 Å². The molecule has 146 valence electrons. The first kappa shape index (κ1) is 20.5. The van der Waals surface area contributed by atoms with Crippen LogP contribution in [0.4, 0.5) is 0 Å². The van der Waals surface area contributed by atoms with E-state index >= 15 is 0 Å². The molecule has 1 N–H and O–H groups in total. The van der Waals surface area contributed by atoms with Crippen molar-refractivity contribution in [1.82, 2.24) is 19.7 Å². The van der Waals surface area contributed by atoms with Crippen molar-refractivity contribution < 1.29 is 4.74 Å². The first-order valence-electron chi connectivity index (χ1n) is 9.25. The van der Waals surface area contributed by atoms with E-state index in [4.69, 9.17) is 21.3 Å². The fourth-order valence-electron chi connectivity index (χ4n) is 2.78. The molecule has 2 aromatic heterocycles. The Kier molecular flexibility index (Phi) is 6.68. The maximum atomic E-state index is 6.22. The Morgan fingerprint density at radius 1 is 1.26 bits per heavy atom. The Hall–Kier alpha value is -1.28. The fourth-order valence-corrected chi connectivity index (χ4v) is 4.34. The van der Waals surface area contributed by atoms with Gasteiger partial charge >= 0.3 is 0 Å². The maximum Gasteiger partial charge on any atom is 0.124 e. The summed E-state index contributed by atoms with van der Waals surface area (Å²) < 4.78 is 8.13. The van der Waals surface area contributed by atoms with Crippen molar-refractivity contribution in [2.24, 2.45) is 0 Å². The number of nitrogens with one attached hydrogen (secondary N) is 1. The van der Waals surface area contributed by atoms with Gasteiger partial charge in [-0.2, -0.15) is 5.10 Å². The molecule has 0 saturated carbocycles. The van der Waals surface area contributed by atoms with Crippen molar-refractivity contribution in [3.05, 3.63) is 40.8 Å². The Morgan fingerprint density at radius 3 is 2.81 bits per heavy atom. The van der Waals surface area contributed by atoms with Gasteiger partial charge in [0.05, 0.1) is 11.0 Å². The van der Waals surface area contributed by atoms with E-state index in [-0.39, 0.29) is 0 Å². The third-order valence-electron chi connectivity index (χ3n) is 4.25. The number of H-pyrrole nitrogens is 1. The van der Waals surface area contributed by atoms with Gasteiger partial charge in [-0.05, 0) is 36.1 Å². The van der Waals surface area contributed by atoms with E-state index in [1.165, 1.54) is 0 Å². The van der Waals surface area contributed by atoms with Crippen molar-refractivity contribution in [3.8, 4) is 0 Å². The first-order valence-corrected chi connectivity index (χ1v) is 14.3. The van der Waals surface area contributed by atoms with E-state index in [1.54, 1.807) is 11.8 Å². The summed E-state index contributed by atoms with van der Waals surface area (Å²) in [6.45, 7) is 10.5. The number of fused-ring (bicyclic) bond motifs is 1. The smallest absolute Gasteiger partial charge is 0.124 e. The number of halogens is 1. The molecule has 0 fully saturated rings. The van der Waals surface area contributed by atoms with Gasteiger partial charge in [0.15, 0.2) is 0 Å². The van der Waals surface area contributed by atoms with Crippen molar-refractivity contribution >= 4 is 42.5 Å². The molecule has 0 bridgehead atoms. The Bertz CT molecular complexity index is 903. The van der Waals surface area contributed by atoms with Gasteiger partial charge in [-0.3, -0.25) is 5.10 Å². The summed E-state index contributed by atoms with van der Waals surface area (Å²) in [6, 6.07) is 9.04. The molecule has 0 atom stereocenters. The number of hydrogen-bond donors (Lipinski definition) is 1. The molecule has 8 heteroatoms. The molecular formula is C19H27ClN4OSSi. The van der Waals surface area contributed by atoms with Crippen LogP contribution in [0.1, 0.15) is 18.4 Å². The fraction of sp³-hybridized carbons (Fsp3) is 0.474. The lowest BCUT2D eigenvalue weighted by Crippen LogP contribution is -2.22. The monoisotopic (exact) mass is 422 g/mol. The van der Waals surface area contributed by atoms with Gasteiger partial charge in [0.1, 0.15) is 17.6 Å². The van der Waals surface area contributed by atoms with E-state index < -0.39 is 8.07 Å². The highest BCUT2D eigenvalue weighted by atomic mass is 35.5. The summed E-state index contributed by atoms with van der Waals surface area (Å²) in [4.78, 5) is 4.81. The molecule has 0 aliphatic heterocycles. The Labute approximate surface area is 170 Å². The van der Waals surface area contributed by atoms with Gasteiger partial charge in [-0.1, -0.05) is 38.2 Å². The molecule has 5 nitrogen and oxygen atoms in total. The van der Waals surface area contributed by atoms with Crippen LogP contribution in [0.15, 0.2) is 29.3 Å². The number of aromatic amines is 1. The SMILES string of the molecule is CCSc1cc(Cc2nc3ccc(Cl)cc3n2COCC[Si](C)(C)C)[nH]n1. The molecule has 0 saturated heterocycles. The van der Waals surface area contributed by atoms with Crippen molar-refractivity contribution in [3.63, 3.8) is 0 Å². The molecule has 0 aliphatic rings. The van der Waals surface area contributed by atoms with Gasteiger partial charge in [-0.25, -0.2) is 4.98 Å². The van der Waals surface area contributed by atoms with E-state index in [0.717, 1.165) is 46.0 Å². The van der Waals surface area contributed by atoms with Gasteiger partial charge in [0.25, 0.3) is 0 Å². The summed E-state index contributed by atoms with van der Waals surface area (Å²) in [6.07, 6.45) is 0.682. The predicted octanol–water partition coefficient (Wildman–Crippen LogP) is 5.43. The molecule has 27 heavy (non-hydrogen) atoms. The normalized spacial score (nSPS) is 12.2. The lowest BCUT2D eigenvalue weighted by atomic mass is 10.3. The largest absolute Gasteiger partial charge is 0.361 e. The van der Waals surface area contributed by atoms with Crippen LogP contribution in [0.2, 0.25) is 30.7 Å². The molecule has 0 unspecified atom stereocenters. The van der Waals surface area contributed by atoms with Gasteiger partial charge in [0, 0.05) is 31.8 Å². The van der Waals surface area contributed by atoms with E-state index in [0.29, 0.717) is 18.2 Å². The van der Waals surface area contributed by atoms with E-state index in [9.17, 15) is 0 Å². The zero-order valence-electron chi connectivity index (χ0n) is 16.4. The third kappa shape index (κ3) is 5.60. The topological polar surface area (TPSA) is 55.7 Å². The van der Waals surface area contributed by atoms with Crippen LogP contribution in [0.5, 0.6) is 0 Å². The molecule has 1 aromatic carbocycles. The summed E-state index contributed by atoms with van der Waals surface area (Å²) in [5.74, 6) is 1.96. The molecule has 3 rings (SSSR count). The molecule has 0 spiro atoms. The van der Waals surface area contributed by atoms with Crippen molar-refractivity contribution in [1.29, 1.82) is 0 Å². The van der Waals surface area contributed by atoms with Gasteiger partial charge in [-0.15, -0.1) is 11.8 Å². The summed E-state index contributed by atoms with van der Waals surface area (Å²) in [5, 5.41) is 9.21. The Morgan fingerprint density at radius 2 is 2.07 bits per heavy atom. The van der Waals surface area contributed by atoms with Crippen LogP contribution in [-0.4, -0.2) is 40.2 Å². The quantitative estimate of drug-likeness (QED) is 0.284. The van der Waals surface area contributed by atoms with E-state index in [2.05, 4.69) is 47.4 Å². The highest BCUT2D eigenvalue weighted by Crippen LogP contribution is 2.23. The van der Waals surface area contributed by atoms with Gasteiger partial charge in [0.2, 0.25) is 0 Å². The lowest BCUT2D eigenvalue weighted by molar-refractivity contribution is 0.0881. The minimum atomic E-state index is -1.11. The minimum Gasteiger partial charge on any atom is -0.361 e. The Balaban J connectivity index is 1.82. The number of hydrogen-bond acceptors (Lipinski definition) is 4. The average molecular weight is 423 g/mol. The van der Waals surface area contributed by atoms with E-state index in [1.807, 2.05) is 18.2 Å². The van der Waals surface area contributed by atoms with Crippen molar-refractivity contribution in [2.45, 2.75) is 50.8 Å². The maximum absolute atomic E-state index is 6.22. The summed E-state index contributed by atoms with van der Waals surface area (Å²) >= 11 is 7.95. The highest BCUT2D eigenvalue weighted by molar-refractivity contribution is 7.99. The molecule has 0 amide bonds. The molecule has 3 aromatic rings. The van der Waals surface area contributed by atoms with Crippen molar-refractivity contribution in [2.75, 3.05) is 12.4 Å². The zero-order valence-corrected chi connectivity index (χ0v) is 19.0. The van der Waals surface area contributed by atoms with Crippen LogP contribution in [-0.2, 0) is 17.9 Å². The second kappa shape index (κ2) is 8.81. The number of imidazole rings is 1. The van der Waals surface area contributed by atoms with Crippen LogP contribution in [0.25, 0.3) is 11.0 Å². The van der Waals surface area contributed by atoms with Crippen LogP contribution >= 0.6 is 23.4 Å². The summed E-state index contributed by atoms with van der Waals surface area (Å²) in [5.41, 5.74) is 3.00.